The molecule has 1 fully saturated rings. The van der Waals surface area contributed by atoms with Crippen molar-refractivity contribution in [2.24, 2.45) is 4.99 Å². The number of rotatable bonds is 6. The Labute approximate surface area is 201 Å². The lowest BCUT2D eigenvalue weighted by atomic mass is 10.1. The van der Waals surface area contributed by atoms with E-state index in [1.54, 1.807) is 0 Å². The van der Waals surface area contributed by atoms with Gasteiger partial charge in [0.25, 0.3) is 0 Å². The summed E-state index contributed by atoms with van der Waals surface area (Å²) in [5, 5.41) is 6.98. The molecular weight excluding hydrogens is 501 g/mol. The van der Waals surface area contributed by atoms with Crippen molar-refractivity contribution in [2.75, 3.05) is 25.0 Å². The van der Waals surface area contributed by atoms with Gasteiger partial charge in [-0.2, -0.15) is 0 Å². The monoisotopic (exact) mass is 531 g/mol. The summed E-state index contributed by atoms with van der Waals surface area (Å²) in [6.07, 6.45) is 7.84. The molecule has 0 atom stereocenters. The zero-order chi connectivity index (χ0) is 20.6. The number of benzene rings is 1. The van der Waals surface area contributed by atoms with Crippen molar-refractivity contribution in [2.45, 2.75) is 32.0 Å². The number of pyridine rings is 1. The second kappa shape index (κ2) is 11.7. The number of guanidine groups is 1. The highest BCUT2D eigenvalue weighted by Gasteiger charge is 2.20. The van der Waals surface area contributed by atoms with Gasteiger partial charge in [-0.05, 0) is 30.5 Å². The van der Waals surface area contributed by atoms with Crippen LogP contribution in [-0.2, 0) is 13.1 Å². The molecule has 0 unspecified atom stereocenters. The Kier molecular flexibility index (Phi) is 8.69. The van der Waals surface area contributed by atoms with Gasteiger partial charge < -0.3 is 20.1 Å². The average Bonchev–Trinajstić information content (AvgIpc) is 3.25. The van der Waals surface area contributed by atoms with Crippen molar-refractivity contribution in [3.63, 3.8) is 0 Å². The summed E-state index contributed by atoms with van der Waals surface area (Å²) >= 11 is 0. The molecule has 0 bridgehead atoms. The van der Waals surface area contributed by atoms with Gasteiger partial charge in [0.05, 0.1) is 6.54 Å². The molecule has 1 aromatic carbocycles. The smallest absolute Gasteiger partial charge is 0.191 e. The lowest BCUT2D eigenvalue weighted by molar-refractivity contribution is 0.459. The molecule has 8 heteroatoms. The first-order valence-corrected chi connectivity index (χ1v) is 10.5. The number of imidazole rings is 1. The molecule has 164 valence electrons. The van der Waals surface area contributed by atoms with Crippen LogP contribution >= 0.6 is 24.0 Å². The van der Waals surface area contributed by atoms with Gasteiger partial charge in [-0.25, -0.2) is 9.97 Å². The number of hydrogen-bond donors (Lipinski definition) is 2. The van der Waals surface area contributed by atoms with Crippen LogP contribution in [0.3, 0.4) is 0 Å². The van der Waals surface area contributed by atoms with Crippen LogP contribution in [0.4, 0.5) is 5.82 Å². The maximum atomic E-state index is 4.51. The Morgan fingerprint density at radius 3 is 2.52 bits per heavy atom. The Balaban J connectivity index is 0.00000272. The third-order valence-electron chi connectivity index (χ3n) is 5.44. The minimum absolute atomic E-state index is 0. The van der Waals surface area contributed by atoms with Gasteiger partial charge in [-0.1, -0.05) is 36.4 Å². The lowest BCUT2D eigenvalue weighted by Crippen LogP contribution is -2.48. The fraction of sp³-hybridized carbons (Fsp3) is 0.348. The highest BCUT2D eigenvalue weighted by Crippen LogP contribution is 2.17. The summed E-state index contributed by atoms with van der Waals surface area (Å²) in [5.41, 5.74) is 1.26. The molecule has 4 rings (SSSR count). The summed E-state index contributed by atoms with van der Waals surface area (Å²) in [5.74, 6) is 2.87. The summed E-state index contributed by atoms with van der Waals surface area (Å²) in [4.78, 5) is 15.7. The van der Waals surface area contributed by atoms with E-state index < -0.39 is 0 Å². The summed E-state index contributed by atoms with van der Waals surface area (Å²) in [6, 6.07) is 16.9. The fourth-order valence-electron chi connectivity index (χ4n) is 3.78. The number of anilines is 1. The first-order chi connectivity index (χ1) is 14.8. The molecule has 3 heterocycles. The van der Waals surface area contributed by atoms with Crippen LogP contribution in [0.2, 0.25) is 0 Å². The van der Waals surface area contributed by atoms with E-state index in [1.807, 2.05) is 43.8 Å². The molecule has 0 radical (unpaired) electrons. The van der Waals surface area contributed by atoms with Crippen molar-refractivity contribution in [1.82, 2.24) is 25.2 Å². The number of hydrogen-bond acceptors (Lipinski definition) is 4. The van der Waals surface area contributed by atoms with E-state index in [4.69, 9.17) is 0 Å². The van der Waals surface area contributed by atoms with Gasteiger partial charge in [-0.3, -0.25) is 4.99 Å². The van der Waals surface area contributed by atoms with Crippen molar-refractivity contribution in [1.29, 1.82) is 0 Å². The van der Waals surface area contributed by atoms with Crippen LogP contribution in [0.25, 0.3) is 0 Å². The Bertz CT molecular complexity index is 935. The maximum absolute atomic E-state index is 4.51. The average molecular weight is 531 g/mol. The van der Waals surface area contributed by atoms with Crippen molar-refractivity contribution >= 4 is 35.8 Å². The molecule has 2 N–H and O–H groups in total. The van der Waals surface area contributed by atoms with Crippen LogP contribution < -0.4 is 15.5 Å². The Hall–Kier alpha value is -2.62. The van der Waals surface area contributed by atoms with E-state index in [-0.39, 0.29) is 24.0 Å². The second-order valence-electron chi connectivity index (χ2n) is 7.48. The van der Waals surface area contributed by atoms with Gasteiger partial charge in [0.1, 0.15) is 11.6 Å². The van der Waals surface area contributed by atoms with Crippen LogP contribution in [-0.4, -0.2) is 46.7 Å². The van der Waals surface area contributed by atoms with E-state index in [0.717, 1.165) is 50.1 Å². The number of nitrogens with one attached hydrogen (secondary N) is 2. The molecule has 1 aliphatic heterocycles. The molecule has 2 aromatic heterocycles. The number of aromatic nitrogens is 3. The first kappa shape index (κ1) is 23.1. The second-order valence-corrected chi connectivity index (χ2v) is 7.48. The van der Waals surface area contributed by atoms with Crippen LogP contribution in [0.1, 0.15) is 24.2 Å². The standard InChI is InChI=1S/C23H29N7.HI/c1-24-23(28-20-10-14-29(15-11-20)21-9-5-6-12-25-21)27-17-22-26-13-16-30(22)18-19-7-3-2-4-8-19;/h2-9,12-13,16,20H,10-11,14-15,17-18H2,1H3,(H2,24,27,28);1H. The van der Waals surface area contributed by atoms with Crippen molar-refractivity contribution < 1.29 is 0 Å². The summed E-state index contributed by atoms with van der Waals surface area (Å²) in [6.45, 7) is 3.43. The lowest BCUT2D eigenvalue weighted by Gasteiger charge is -2.33. The highest BCUT2D eigenvalue weighted by atomic mass is 127. The normalized spacial score (nSPS) is 14.7. The Morgan fingerprint density at radius 2 is 1.81 bits per heavy atom. The molecular formula is C23H30IN7. The largest absolute Gasteiger partial charge is 0.356 e. The van der Waals surface area contributed by atoms with Gasteiger partial charge in [0.15, 0.2) is 5.96 Å². The number of aliphatic imine (C=N–C) groups is 1. The van der Waals surface area contributed by atoms with Gasteiger partial charge in [0, 0.05) is 51.3 Å². The maximum Gasteiger partial charge on any atom is 0.191 e. The molecule has 0 amide bonds. The van der Waals surface area contributed by atoms with Gasteiger partial charge in [0.2, 0.25) is 0 Å². The van der Waals surface area contributed by atoms with Crippen LogP contribution in [0.5, 0.6) is 0 Å². The zero-order valence-corrected chi connectivity index (χ0v) is 20.1. The fourth-order valence-corrected chi connectivity index (χ4v) is 3.78. The van der Waals surface area contributed by atoms with Gasteiger partial charge in [-0.15, -0.1) is 24.0 Å². The van der Waals surface area contributed by atoms with Crippen molar-refractivity contribution in [3.05, 3.63) is 78.5 Å². The van der Waals surface area contributed by atoms with Crippen molar-refractivity contribution in [3.8, 4) is 0 Å². The minimum atomic E-state index is 0. The van der Waals surface area contributed by atoms with Crippen LogP contribution in [0, 0.1) is 0 Å². The molecule has 1 saturated heterocycles. The molecule has 7 nitrogen and oxygen atoms in total. The number of piperidine rings is 1. The molecule has 0 saturated carbocycles. The predicted octanol–water partition coefficient (Wildman–Crippen LogP) is 3.28. The summed E-state index contributed by atoms with van der Waals surface area (Å²) < 4.78 is 2.17. The third kappa shape index (κ3) is 6.43. The molecule has 31 heavy (non-hydrogen) atoms. The molecule has 0 spiro atoms. The van der Waals surface area contributed by atoms with E-state index >= 15 is 0 Å². The highest BCUT2D eigenvalue weighted by molar-refractivity contribution is 14.0. The molecule has 1 aliphatic rings. The third-order valence-corrected chi connectivity index (χ3v) is 5.44. The number of nitrogens with zero attached hydrogens (tertiary/aromatic N) is 5. The molecule has 3 aromatic rings. The summed E-state index contributed by atoms with van der Waals surface area (Å²) in [7, 11) is 1.81. The van der Waals surface area contributed by atoms with E-state index in [1.165, 1.54) is 5.56 Å². The Morgan fingerprint density at radius 1 is 1.03 bits per heavy atom. The van der Waals surface area contributed by atoms with E-state index in [0.29, 0.717) is 12.6 Å². The number of halogens is 1. The zero-order valence-electron chi connectivity index (χ0n) is 17.8. The quantitative estimate of drug-likeness (QED) is 0.290. The van der Waals surface area contributed by atoms with Gasteiger partial charge >= 0.3 is 0 Å². The van der Waals surface area contributed by atoms with E-state index in [2.05, 4.69) is 65.4 Å². The first-order valence-electron chi connectivity index (χ1n) is 10.5. The topological polar surface area (TPSA) is 70.4 Å². The SMILES string of the molecule is CN=C(NCc1nccn1Cc1ccccc1)NC1CCN(c2ccccn2)CC1.I. The predicted molar refractivity (Wildman–Crippen MR) is 136 cm³/mol. The van der Waals surface area contributed by atoms with E-state index in [9.17, 15) is 0 Å². The molecule has 0 aliphatic carbocycles. The minimum Gasteiger partial charge on any atom is -0.356 e. The van der Waals surface area contributed by atoms with Crippen LogP contribution in [0.15, 0.2) is 72.1 Å².